The molecule has 2 aromatic rings. The summed E-state index contributed by atoms with van der Waals surface area (Å²) < 4.78 is 26.1. The van der Waals surface area contributed by atoms with Gasteiger partial charge in [0.1, 0.15) is 5.82 Å². The van der Waals surface area contributed by atoms with Crippen LogP contribution in [0.5, 0.6) is 0 Å². The molecule has 0 radical (unpaired) electrons. The second kappa shape index (κ2) is 4.18. The quantitative estimate of drug-likeness (QED) is 0.726. The fourth-order valence-electron chi connectivity index (χ4n) is 1.34. The summed E-state index contributed by atoms with van der Waals surface area (Å²) in [5.41, 5.74) is 0.00528. The number of ketones is 1. The zero-order valence-electron chi connectivity index (χ0n) is 8.15. The molecule has 0 saturated heterocycles. The van der Waals surface area contributed by atoms with E-state index in [9.17, 15) is 13.6 Å². The number of hydrogen-bond acceptors (Lipinski definition) is 2. The van der Waals surface area contributed by atoms with Crippen molar-refractivity contribution >= 4 is 5.78 Å². The van der Waals surface area contributed by atoms with E-state index in [-0.39, 0.29) is 11.1 Å². The van der Waals surface area contributed by atoms with Crippen molar-refractivity contribution in [1.82, 2.24) is 4.98 Å². The zero-order chi connectivity index (χ0) is 11.5. The second-order valence-electron chi connectivity index (χ2n) is 3.19. The summed E-state index contributed by atoms with van der Waals surface area (Å²) in [4.78, 5) is 15.3. The van der Waals surface area contributed by atoms with Crippen molar-refractivity contribution in [2.75, 3.05) is 0 Å². The Morgan fingerprint density at radius 2 is 2.00 bits per heavy atom. The van der Waals surface area contributed by atoms with Crippen LogP contribution in [-0.4, -0.2) is 10.8 Å². The third-order valence-electron chi connectivity index (χ3n) is 2.10. The van der Waals surface area contributed by atoms with Crippen LogP contribution in [0.15, 0.2) is 42.7 Å². The van der Waals surface area contributed by atoms with Crippen LogP contribution in [0.4, 0.5) is 8.78 Å². The molecule has 0 N–H and O–H groups in total. The minimum absolute atomic E-state index is 0.111. The molecule has 80 valence electrons. The fourth-order valence-corrected chi connectivity index (χ4v) is 1.34. The molecule has 0 saturated carbocycles. The molecule has 0 aliphatic heterocycles. The van der Waals surface area contributed by atoms with Gasteiger partial charge in [0, 0.05) is 11.8 Å². The number of halogens is 2. The first-order valence-electron chi connectivity index (χ1n) is 4.58. The molecular formula is C12H7F2NO. The SMILES string of the molecule is O=C(c1cccc(F)c1)c1ccncc1F. The van der Waals surface area contributed by atoms with Crippen molar-refractivity contribution in [3.8, 4) is 0 Å². The summed E-state index contributed by atoms with van der Waals surface area (Å²) in [6.45, 7) is 0. The highest BCUT2D eigenvalue weighted by molar-refractivity contribution is 6.09. The van der Waals surface area contributed by atoms with E-state index < -0.39 is 17.4 Å². The minimum atomic E-state index is -0.711. The summed E-state index contributed by atoms with van der Waals surface area (Å²) in [5, 5.41) is 0. The Morgan fingerprint density at radius 1 is 1.19 bits per heavy atom. The van der Waals surface area contributed by atoms with Crippen molar-refractivity contribution in [2.24, 2.45) is 0 Å². The van der Waals surface area contributed by atoms with Gasteiger partial charge in [0.05, 0.1) is 11.8 Å². The van der Waals surface area contributed by atoms with Gasteiger partial charge in [0.2, 0.25) is 0 Å². The minimum Gasteiger partial charge on any atom is -0.288 e. The predicted molar refractivity (Wildman–Crippen MR) is 54.0 cm³/mol. The number of carbonyl (C=O) groups is 1. The maximum atomic E-state index is 13.2. The highest BCUT2D eigenvalue weighted by Gasteiger charge is 2.13. The summed E-state index contributed by atoms with van der Waals surface area (Å²) in [7, 11) is 0. The molecule has 0 fully saturated rings. The van der Waals surface area contributed by atoms with Gasteiger partial charge in [-0.3, -0.25) is 9.78 Å². The van der Waals surface area contributed by atoms with Gasteiger partial charge >= 0.3 is 0 Å². The molecule has 1 heterocycles. The lowest BCUT2D eigenvalue weighted by molar-refractivity contribution is 0.103. The van der Waals surface area contributed by atoms with E-state index in [2.05, 4.69) is 4.98 Å². The molecule has 0 spiro atoms. The van der Waals surface area contributed by atoms with Gasteiger partial charge in [-0.15, -0.1) is 0 Å². The summed E-state index contributed by atoms with van der Waals surface area (Å²) in [5.74, 6) is -1.79. The molecule has 4 heteroatoms. The van der Waals surface area contributed by atoms with Gasteiger partial charge in [-0.05, 0) is 18.2 Å². The van der Waals surface area contributed by atoms with E-state index in [1.54, 1.807) is 0 Å². The Morgan fingerprint density at radius 3 is 2.69 bits per heavy atom. The van der Waals surface area contributed by atoms with E-state index in [0.717, 1.165) is 12.3 Å². The summed E-state index contributed by atoms with van der Waals surface area (Å²) >= 11 is 0. The molecule has 1 aromatic carbocycles. The standard InChI is InChI=1S/C12H7F2NO/c13-9-3-1-2-8(6-9)12(16)10-4-5-15-7-11(10)14/h1-7H. The van der Waals surface area contributed by atoms with Crippen LogP contribution in [-0.2, 0) is 0 Å². The van der Waals surface area contributed by atoms with Crippen molar-refractivity contribution < 1.29 is 13.6 Å². The number of nitrogens with zero attached hydrogens (tertiary/aromatic N) is 1. The Kier molecular flexibility index (Phi) is 2.72. The summed E-state index contributed by atoms with van der Waals surface area (Å²) in [6.07, 6.45) is 2.27. The third-order valence-corrected chi connectivity index (χ3v) is 2.10. The number of pyridine rings is 1. The van der Waals surface area contributed by atoms with Crippen LogP contribution in [0.1, 0.15) is 15.9 Å². The first-order valence-corrected chi connectivity index (χ1v) is 4.58. The Labute approximate surface area is 90.6 Å². The number of carbonyl (C=O) groups excluding carboxylic acids is 1. The normalized spacial score (nSPS) is 10.1. The predicted octanol–water partition coefficient (Wildman–Crippen LogP) is 2.59. The van der Waals surface area contributed by atoms with Crippen LogP contribution < -0.4 is 0 Å². The molecule has 0 amide bonds. The Balaban J connectivity index is 2.44. The van der Waals surface area contributed by atoms with Gasteiger partial charge in [0.25, 0.3) is 0 Å². The zero-order valence-corrected chi connectivity index (χ0v) is 8.15. The molecule has 0 atom stereocenters. The van der Waals surface area contributed by atoms with Gasteiger partial charge in [-0.25, -0.2) is 8.78 Å². The average molecular weight is 219 g/mol. The maximum absolute atomic E-state index is 13.2. The van der Waals surface area contributed by atoms with E-state index in [1.807, 2.05) is 0 Å². The number of aromatic nitrogens is 1. The Bertz CT molecular complexity index is 540. The molecule has 1 aromatic heterocycles. The first-order chi connectivity index (χ1) is 7.68. The lowest BCUT2D eigenvalue weighted by Gasteiger charge is -2.01. The van der Waals surface area contributed by atoms with Crippen LogP contribution in [0.2, 0.25) is 0 Å². The van der Waals surface area contributed by atoms with Crippen molar-refractivity contribution in [3.63, 3.8) is 0 Å². The van der Waals surface area contributed by atoms with Crippen LogP contribution in [0.25, 0.3) is 0 Å². The van der Waals surface area contributed by atoms with E-state index in [1.165, 1.54) is 30.5 Å². The number of rotatable bonds is 2. The van der Waals surface area contributed by atoms with E-state index in [0.29, 0.717) is 0 Å². The molecular weight excluding hydrogens is 212 g/mol. The lowest BCUT2D eigenvalue weighted by atomic mass is 10.0. The first kappa shape index (κ1) is 10.4. The van der Waals surface area contributed by atoms with Crippen molar-refractivity contribution in [1.29, 1.82) is 0 Å². The van der Waals surface area contributed by atoms with E-state index >= 15 is 0 Å². The van der Waals surface area contributed by atoms with Crippen molar-refractivity contribution in [2.45, 2.75) is 0 Å². The molecule has 0 unspecified atom stereocenters. The largest absolute Gasteiger partial charge is 0.288 e. The lowest BCUT2D eigenvalue weighted by Crippen LogP contribution is -2.04. The van der Waals surface area contributed by atoms with Crippen LogP contribution in [0.3, 0.4) is 0 Å². The van der Waals surface area contributed by atoms with Gasteiger partial charge < -0.3 is 0 Å². The third kappa shape index (κ3) is 1.95. The van der Waals surface area contributed by atoms with Gasteiger partial charge in [-0.2, -0.15) is 0 Å². The van der Waals surface area contributed by atoms with E-state index in [4.69, 9.17) is 0 Å². The molecule has 16 heavy (non-hydrogen) atoms. The molecule has 0 aliphatic carbocycles. The maximum Gasteiger partial charge on any atom is 0.196 e. The van der Waals surface area contributed by atoms with Crippen LogP contribution >= 0.6 is 0 Å². The second-order valence-corrected chi connectivity index (χ2v) is 3.19. The number of hydrogen-bond donors (Lipinski definition) is 0. The molecule has 2 rings (SSSR count). The highest BCUT2D eigenvalue weighted by Crippen LogP contribution is 2.13. The smallest absolute Gasteiger partial charge is 0.196 e. The summed E-state index contributed by atoms with van der Waals surface area (Å²) in [6, 6.07) is 6.40. The molecule has 2 nitrogen and oxygen atoms in total. The Hall–Kier alpha value is -2.10. The topological polar surface area (TPSA) is 30.0 Å². The monoisotopic (exact) mass is 219 g/mol. The molecule has 0 bridgehead atoms. The fraction of sp³-hybridized carbons (Fsp3) is 0. The van der Waals surface area contributed by atoms with Crippen molar-refractivity contribution in [3.05, 3.63) is 65.5 Å². The molecule has 0 aliphatic rings. The number of benzene rings is 1. The van der Waals surface area contributed by atoms with Crippen LogP contribution in [0, 0.1) is 11.6 Å². The highest BCUT2D eigenvalue weighted by atomic mass is 19.1. The van der Waals surface area contributed by atoms with Gasteiger partial charge in [0.15, 0.2) is 11.6 Å². The average Bonchev–Trinajstić information content (AvgIpc) is 2.29. The van der Waals surface area contributed by atoms with Gasteiger partial charge in [-0.1, -0.05) is 12.1 Å².